The van der Waals surface area contributed by atoms with Crippen LogP contribution in [0.2, 0.25) is 5.02 Å². The van der Waals surface area contributed by atoms with Gasteiger partial charge in [0, 0.05) is 30.1 Å². The molecule has 1 unspecified atom stereocenters. The molecule has 1 aromatic heterocycles. The Morgan fingerprint density at radius 1 is 1.52 bits per heavy atom. The van der Waals surface area contributed by atoms with Gasteiger partial charge < -0.3 is 21.1 Å². The molecule has 3 rings (SSSR count). The lowest BCUT2D eigenvalue weighted by atomic mass is 9.86. The molecule has 1 aliphatic heterocycles. The van der Waals surface area contributed by atoms with Crippen LogP contribution in [0.25, 0.3) is 5.57 Å². The summed E-state index contributed by atoms with van der Waals surface area (Å²) >= 11 is 6.50. The Hall–Kier alpha value is -2.82. The van der Waals surface area contributed by atoms with Crippen molar-refractivity contribution in [2.45, 2.75) is 32.7 Å². The standard InChI is InChI=1S/C21H25ClN6O/c1-5-29-19-14(6-16(22)15(7-23)18(19)13-8-25-9-13)12(4)28-21-17(11(2)3)20(24)26-10-27-21/h6,10,12-13,25H,2,5,8-9H2,1,3-4H3,(H3,24,26,27,28). The molecule has 1 aromatic carbocycles. The summed E-state index contributed by atoms with van der Waals surface area (Å²) in [5.74, 6) is 1.86. The van der Waals surface area contributed by atoms with Crippen molar-refractivity contribution in [3.05, 3.63) is 46.2 Å². The predicted octanol–water partition coefficient (Wildman–Crippen LogP) is 3.88. The number of rotatable bonds is 7. The van der Waals surface area contributed by atoms with Crippen molar-refractivity contribution in [3.63, 3.8) is 0 Å². The monoisotopic (exact) mass is 412 g/mol. The molecule has 1 saturated heterocycles. The molecule has 1 atom stereocenters. The quantitative estimate of drug-likeness (QED) is 0.633. The summed E-state index contributed by atoms with van der Waals surface area (Å²) in [4.78, 5) is 8.40. The van der Waals surface area contributed by atoms with Crippen LogP contribution in [0.1, 0.15) is 55.0 Å². The summed E-state index contributed by atoms with van der Waals surface area (Å²) in [7, 11) is 0. The van der Waals surface area contributed by atoms with Crippen LogP contribution in [0.5, 0.6) is 5.75 Å². The number of benzene rings is 1. The zero-order valence-electron chi connectivity index (χ0n) is 16.8. The fourth-order valence-corrected chi connectivity index (χ4v) is 3.77. The van der Waals surface area contributed by atoms with Crippen LogP contribution in [-0.4, -0.2) is 29.7 Å². The van der Waals surface area contributed by atoms with Crippen molar-refractivity contribution in [1.82, 2.24) is 15.3 Å². The minimum atomic E-state index is -0.207. The van der Waals surface area contributed by atoms with Gasteiger partial charge in [0.1, 0.15) is 29.8 Å². The van der Waals surface area contributed by atoms with Gasteiger partial charge in [-0.05, 0) is 32.4 Å². The zero-order valence-corrected chi connectivity index (χ0v) is 17.6. The van der Waals surface area contributed by atoms with E-state index in [1.165, 1.54) is 6.33 Å². The van der Waals surface area contributed by atoms with Gasteiger partial charge in [0.2, 0.25) is 0 Å². The summed E-state index contributed by atoms with van der Waals surface area (Å²) in [5, 5.41) is 16.7. The lowest BCUT2D eigenvalue weighted by Gasteiger charge is -2.32. The number of ether oxygens (including phenoxy) is 1. The molecule has 0 amide bonds. The van der Waals surface area contributed by atoms with Crippen molar-refractivity contribution in [1.29, 1.82) is 5.26 Å². The van der Waals surface area contributed by atoms with E-state index in [9.17, 15) is 5.26 Å². The molecule has 8 heteroatoms. The summed E-state index contributed by atoms with van der Waals surface area (Å²) < 4.78 is 6.03. The highest BCUT2D eigenvalue weighted by atomic mass is 35.5. The number of halogens is 1. The second kappa shape index (κ2) is 8.68. The van der Waals surface area contributed by atoms with E-state index >= 15 is 0 Å². The number of anilines is 2. The lowest BCUT2D eigenvalue weighted by Crippen LogP contribution is -2.40. The van der Waals surface area contributed by atoms with Gasteiger partial charge in [-0.2, -0.15) is 5.26 Å². The van der Waals surface area contributed by atoms with Gasteiger partial charge in [0.25, 0.3) is 0 Å². The molecule has 0 bridgehead atoms. The third-order valence-electron chi connectivity index (χ3n) is 5.01. The zero-order chi connectivity index (χ0) is 21.1. The minimum Gasteiger partial charge on any atom is -0.493 e. The largest absolute Gasteiger partial charge is 0.493 e. The fourth-order valence-electron chi connectivity index (χ4n) is 3.51. The number of nitrogens with zero attached hydrogens (tertiary/aromatic N) is 3. The average Bonchev–Trinajstić information content (AvgIpc) is 2.62. The first-order valence-corrected chi connectivity index (χ1v) is 9.89. The first kappa shape index (κ1) is 20.9. The van der Waals surface area contributed by atoms with Gasteiger partial charge in [0.15, 0.2) is 0 Å². The summed E-state index contributed by atoms with van der Waals surface area (Å²) in [6.07, 6.45) is 1.41. The van der Waals surface area contributed by atoms with E-state index < -0.39 is 0 Å². The molecule has 0 aliphatic carbocycles. The van der Waals surface area contributed by atoms with E-state index in [1.54, 1.807) is 6.07 Å². The second-order valence-corrected chi connectivity index (χ2v) is 7.50. The Morgan fingerprint density at radius 3 is 2.79 bits per heavy atom. The molecule has 1 aliphatic rings. The van der Waals surface area contributed by atoms with Crippen LogP contribution in [0.3, 0.4) is 0 Å². The smallest absolute Gasteiger partial charge is 0.139 e. The number of allylic oxidation sites excluding steroid dienone is 1. The topological polar surface area (TPSA) is 109 Å². The Bertz CT molecular complexity index is 980. The maximum Gasteiger partial charge on any atom is 0.139 e. The first-order valence-electron chi connectivity index (χ1n) is 9.51. The van der Waals surface area contributed by atoms with E-state index in [0.717, 1.165) is 29.8 Å². The van der Waals surface area contributed by atoms with E-state index in [2.05, 4.69) is 33.2 Å². The molecule has 7 nitrogen and oxygen atoms in total. The molecule has 152 valence electrons. The molecule has 29 heavy (non-hydrogen) atoms. The molecule has 4 N–H and O–H groups in total. The number of hydrogen-bond acceptors (Lipinski definition) is 7. The van der Waals surface area contributed by atoms with Crippen LogP contribution in [-0.2, 0) is 0 Å². The Balaban J connectivity index is 2.09. The summed E-state index contributed by atoms with van der Waals surface area (Å²) in [5.41, 5.74) is 9.68. The molecule has 2 aromatic rings. The normalized spacial score (nSPS) is 14.6. The molecule has 2 heterocycles. The number of nitriles is 1. The van der Waals surface area contributed by atoms with Gasteiger partial charge in [0.05, 0.1) is 28.8 Å². The predicted molar refractivity (Wildman–Crippen MR) is 116 cm³/mol. The minimum absolute atomic E-state index is 0.191. The van der Waals surface area contributed by atoms with Crippen molar-refractivity contribution < 1.29 is 4.74 Å². The van der Waals surface area contributed by atoms with E-state index in [4.69, 9.17) is 22.1 Å². The Morgan fingerprint density at radius 2 is 2.24 bits per heavy atom. The maximum absolute atomic E-state index is 9.69. The number of nitrogen functional groups attached to an aromatic ring is 1. The number of nitrogens with one attached hydrogen (secondary N) is 2. The van der Waals surface area contributed by atoms with Crippen LogP contribution in [0.15, 0.2) is 19.0 Å². The first-order chi connectivity index (χ1) is 13.9. The SMILES string of the molecule is C=C(C)c1c(N)ncnc1NC(C)c1cc(Cl)c(C#N)c(C2CNC2)c1OCC. The van der Waals surface area contributed by atoms with Crippen molar-refractivity contribution in [3.8, 4) is 11.8 Å². The summed E-state index contributed by atoms with van der Waals surface area (Å²) in [6.45, 7) is 11.8. The summed E-state index contributed by atoms with van der Waals surface area (Å²) in [6, 6.07) is 3.84. The van der Waals surface area contributed by atoms with Gasteiger partial charge in [-0.15, -0.1) is 0 Å². The molecule has 1 fully saturated rings. The Labute approximate surface area is 175 Å². The van der Waals surface area contributed by atoms with E-state index in [0.29, 0.717) is 40.1 Å². The molecule has 0 spiro atoms. The third kappa shape index (κ3) is 4.00. The Kier molecular flexibility index (Phi) is 6.26. The fraction of sp³-hybridized carbons (Fsp3) is 0.381. The molecule has 0 saturated carbocycles. The highest BCUT2D eigenvalue weighted by Gasteiger charge is 2.30. The van der Waals surface area contributed by atoms with Gasteiger partial charge >= 0.3 is 0 Å². The average molecular weight is 413 g/mol. The van der Waals surface area contributed by atoms with Crippen LogP contribution in [0, 0.1) is 11.3 Å². The molecular formula is C21H25ClN6O. The van der Waals surface area contributed by atoms with Crippen LogP contribution >= 0.6 is 11.6 Å². The number of aromatic nitrogens is 2. The molecule has 0 radical (unpaired) electrons. The molecular weight excluding hydrogens is 388 g/mol. The van der Waals surface area contributed by atoms with Crippen molar-refractivity contribution in [2.24, 2.45) is 0 Å². The highest BCUT2D eigenvalue weighted by Crippen LogP contribution is 2.42. The lowest BCUT2D eigenvalue weighted by molar-refractivity contribution is 0.322. The van der Waals surface area contributed by atoms with Crippen molar-refractivity contribution in [2.75, 3.05) is 30.7 Å². The van der Waals surface area contributed by atoms with Crippen LogP contribution in [0.4, 0.5) is 11.6 Å². The van der Waals surface area contributed by atoms with Crippen molar-refractivity contribution >= 4 is 28.8 Å². The number of hydrogen-bond donors (Lipinski definition) is 3. The van der Waals surface area contributed by atoms with Gasteiger partial charge in [-0.3, -0.25) is 0 Å². The highest BCUT2D eigenvalue weighted by molar-refractivity contribution is 6.32. The second-order valence-electron chi connectivity index (χ2n) is 7.09. The van der Waals surface area contributed by atoms with Crippen LogP contribution < -0.4 is 21.1 Å². The third-order valence-corrected chi connectivity index (χ3v) is 5.31. The maximum atomic E-state index is 9.69. The van der Waals surface area contributed by atoms with E-state index in [-0.39, 0.29) is 12.0 Å². The van der Waals surface area contributed by atoms with E-state index in [1.807, 2.05) is 20.8 Å². The van der Waals surface area contributed by atoms with Gasteiger partial charge in [-0.25, -0.2) is 9.97 Å². The van der Waals surface area contributed by atoms with Gasteiger partial charge in [-0.1, -0.05) is 18.2 Å². The number of nitrogens with two attached hydrogens (primary N) is 1.